The Morgan fingerprint density at radius 3 is 2.52 bits per heavy atom. The zero-order valence-corrected chi connectivity index (χ0v) is 16.8. The highest BCUT2D eigenvalue weighted by molar-refractivity contribution is 5.76. The van der Waals surface area contributed by atoms with Gasteiger partial charge in [-0.1, -0.05) is 36.4 Å². The molecule has 1 unspecified atom stereocenters. The predicted octanol–water partition coefficient (Wildman–Crippen LogP) is 3.01. The normalized spacial score (nSPS) is 11.7. The Labute approximate surface area is 169 Å². The summed E-state index contributed by atoms with van der Waals surface area (Å²) in [7, 11) is 0. The molecule has 0 radical (unpaired) electrons. The van der Waals surface area contributed by atoms with Gasteiger partial charge in [0.1, 0.15) is 6.54 Å². The van der Waals surface area contributed by atoms with Crippen LogP contribution in [-0.4, -0.2) is 39.3 Å². The minimum absolute atomic E-state index is 0.0144. The minimum Gasteiger partial charge on any atom is -0.490 e. The molecule has 8 nitrogen and oxygen atoms in total. The maximum absolute atomic E-state index is 12.4. The van der Waals surface area contributed by atoms with Gasteiger partial charge in [0.2, 0.25) is 11.7 Å². The number of ether oxygens (including phenoxy) is 2. The van der Waals surface area contributed by atoms with Crippen LogP contribution in [0.4, 0.5) is 0 Å². The van der Waals surface area contributed by atoms with Crippen LogP contribution in [0.15, 0.2) is 48.5 Å². The van der Waals surface area contributed by atoms with Crippen molar-refractivity contribution >= 4 is 5.91 Å². The summed E-state index contributed by atoms with van der Waals surface area (Å²) in [5.41, 5.74) is 1.77. The van der Waals surface area contributed by atoms with Crippen LogP contribution >= 0.6 is 0 Å². The number of nitrogens with one attached hydrogen (secondary N) is 1. The molecule has 3 aromatic rings. The van der Waals surface area contributed by atoms with Gasteiger partial charge in [-0.2, -0.15) is 4.80 Å². The van der Waals surface area contributed by atoms with Gasteiger partial charge in [0.05, 0.1) is 19.3 Å². The van der Waals surface area contributed by atoms with Crippen molar-refractivity contribution in [2.45, 2.75) is 33.4 Å². The number of hydrogen-bond acceptors (Lipinski definition) is 6. The second-order valence-corrected chi connectivity index (χ2v) is 6.37. The lowest BCUT2D eigenvalue weighted by molar-refractivity contribution is -0.122. The third kappa shape index (κ3) is 5.31. The lowest BCUT2D eigenvalue weighted by atomic mass is 10.1. The number of amides is 1. The minimum atomic E-state index is -0.213. The number of tetrazole rings is 1. The Hall–Kier alpha value is -3.42. The lowest BCUT2D eigenvalue weighted by Gasteiger charge is -2.17. The van der Waals surface area contributed by atoms with Crippen molar-refractivity contribution in [3.05, 3.63) is 54.1 Å². The van der Waals surface area contributed by atoms with Gasteiger partial charge in [0.25, 0.3) is 0 Å². The summed E-state index contributed by atoms with van der Waals surface area (Å²) in [6, 6.07) is 15.0. The average Bonchev–Trinajstić information content (AvgIpc) is 3.18. The van der Waals surface area contributed by atoms with Crippen molar-refractivity contribution in [1.82, 2.24) is 25.5 Å². The van der Waals surface area contributed by atoms with Crippen molar-refractivity contribution in [2.75, 3.05) is 13.2 Å². The Bertz CT molecular complexity index is 942. The number of hydrogen-bond donors (Lipinski definition) is 1. The summed E-state index contributed by atoms with van der Waals surface area (Å²) in [6.07, 6.45) is 0. The molecule has 0 saturated heterocycles. The smallest absolute Gasteiger partial charge is 0.244 e. The van der Waals surface area contributed by atoms with E-state index >= 15 is 0 Å². The molecule has 152 valence electrons. The van der Waals surface area contributed by atoms with Gasteiger partial charge in [-0.25, -0.2) is 0 Å². The molecule has 0 aliphatic rings. The van der Waals surface area contributed by atoms with Gasteiger partial charge in [-0.05, 0) is 43.7 Å². The van der Waals surface area contributed by atoms with E-state index < -0.39 is 0 Å². The summed E-state index contributed by atoms with van der Waals surface area (Å²) in [6.45, 7) is 6.83. The van der Waals surface area contributed by atoms with Gasteiger partial charge in [-0.15, -0.1) is 10.2 Å². The second-order valence-electron chi connectivity index (χ2n) is 6.37. The van der Waals surface area contributed by atoms with Crippen molar-refractivity contribution in [2.24, 2.45) is 0 Å². The monoisotopic (exact) mass is 395 g/mol. The molecule has 1 atom stereocenters. The summed E-state index contributed by atoms with van der Waals surface area (Å²) in [5.74, 6) is 1.64. The molecule has 1 amide bonds. The van der Waals surface area contributed by atoms with E-state index in [-0.39, 0.29) is 18.5 Å². The molecule has 0 saturated carbocycles. The Morgan fingerprint density at radius 2 is 1.79 bits per heavy atom. The second kappa shape index (κ2) is 9.68. The van der Waals surface area contributed by atoms with E-state index in [4.69, 9.17) is 9.47 Å². The maximum atomic E-state index is 12.4. The first-order valence-corrected chi connectivity index (χ1v) is 9.62. The van der Waals surface area contributed by atoms with Gasteiger partial charge >= 0.3 is 0 Å². The van der Waals surface area contributed by atoms with Crippen LogP contribution in [0, 0.1) is 0 Å². The van der Waals surface area contributed by atoms with E-state index in [0.29, 0.717) is 30.5 Å². The van der Waals surface area contributed by atoms with Gasteiger partial charge < -0.3 is 14.8 Å². The molecule has 0 spiro atoms. The molecule has 0 aliphatic heterocycles. The summed E-state index contributed by atoms with van der Waals surface area (Å²) in [5, 5.41) is 15.2. The summed E-state index contributed by atoms with van der Waals surface area (Å²) >= 11 is 0. The molecule has 1 N–H and O–H groups in total. The van der Waals surface area contributed by atoms with Crippen molar-refractivity contribution < 1.29 is 14.3 Å². The Morgan fingerprint density at radius 1 is 1.07 bits per heavy atom. The standard InChI is InChI=1S/C21H25N5O3/c1-4-28-18-12-11-17(13-19(18)29-5-2)15(3)22-20(27)14-26-24-21(23-25-26)16-9-7-6-8-10-16/h6-13,15H,4-5,14H2,1-3H3,(H,22,27). The fraction of sp³-hybridized carbons (Fsp3) is 0.333. The number of carbonyl (C=O) groups excluding carboxylic acids is 1. The van der Waals surface area contributed by atoms with Crippen LogP contribution in [0.3, 0.4) is 0 Å². The molecular formula is C21H25N5O3. The molecule has 3 rings (SSSR count). The number of carbonyl (C=O) groups is 1. The largest absolute Gasteiger partial charge is 0.490 e. The van der Waals surface area contributed by atoms with Crippen molar-refractivity contribution in [3.63, 3.8) is 0 Å². The fourth-order valence-electron chi connectivity index (χ4n) is 2.85. The van der Waals surface area contributed by atoms with Gasteiger partial charge in [0.15, 0.2) is 11.5 Å². The number of benzene rings is 2. The molecule has 29 heavy (non-hydrogen) atoms. The number of aromatic nitrogens is 4. The number of rotatable bonds is 9. The highest BCUT2D eigenvalue weighted by Crippen LogP contribution is 2.30. The van der Waals surface area contributed by atoms with Crippen LogP contribution in [-0.2, 0) is 11.3 Å². The zero-order valence-electron chi connectivity index (χ0n) is 16.8. The van der Waals surface area contributed by atoms with E-state index in [9.17, 15) is 4.79 Å². The van der Waals surface area contributed by atoms with Crippen LogP contribution in [0.5, 0.6) is 11.5 Å². The molecule has 1 heterocycles. The molecule has 8 heteroatoms. The SMILES string of the molecule is CCOc1ccc(C(C)NC(=O)Cn2nnc(-c3ccccc3)n2)cc1OCC. The molecule has 0 aliphatic carbocycles. The zero-order chi connectivity index (χ0) is 20.6. The van der Waals surface area contributed by atoms with Crippen LogP contribution in [0.2, 0.25) is 0 Å². The maximum Gasteiger partial charge on any atom is 0.244 e. The van der Waals surface area contributed by atoms with Crippen LogP contribution in [0.25, 0.3) is 11.4 Å². The topological polar surface area (TPSA) is 91.2 Å². The van der Waals surface area contributed by atoms with Crippen LogP contribution < -0.4 is 14.8 Å². The Kier molecular flexibility index (Phi) is 6.78. The van der Waals surface area contributed by atoms with E-state index in [2.05, 4.69) is 20.7 Å². The van der Waals surface area contributed by atoms with Crippen molar-refractivity contribution in [1.29, 1.82) is 0 Å². The highest BCUT2D eigenvalue weighted by Gasteiger charge is 2.15. The van der Waals surface area contributed by atoms with E-state index in [0.717, 1.165) is 11.1 Å². The van der Waals surface area contributed by atoms with E-state index in [1.165, 1.54) is 4.80 Å². The average molecular weight is 395 g/mol. The number of nitrogens with zero attached hydrogens (tertiary/aromatic N) is 4. The first-order chi connectivity index (χ1) is 14.1. The van der Waals surface area contributed by atoms with Crippen LogP contribution in [0.1, 0.15) is 32.4 Å². The molecule has 1 aromatic heterocycles. The molecule has 0 fully saturated rings. The van der Waals surface area contributed by atoms with E-state index in [1.54, 1.807) is 0 Å². The summed E-state index contributed by atoms with van der Waals surface area (Å²) in [4.78, 5) is 13.7. The van der Waals surface area contributed by atoms with Gasteiger partial charge in [0, 0.05) is 5.56 Å². The molecular weight excluding hydrogens is 370 g/mol. The first kappa shape index (κ1) is 20.3. The Balaban J connectivity index is 1.63. The fourth-order valence-corrected chi connectivity index (χ4v) is 2.85. The van der Waals surface area contributed by atoms with Crippen molar-refractivity contribution in [3.8, 4) is 22.9 Å². The predicted molar refractivity (Wildman–Crippen MR) is 109 cm³/mol. The van der Waals surface area contributed by atoms with Gasteiger partial charge in [-0.3, -0.25) is 4.79 Å². The first-order valence-electron chi connectivity index (χ1n) is 9.62. The molecule has 0 bridgehead atoms. The lowest BCUT2D eigenvalue weighted by Crippen LogP contribution is -2.30. The third-order valence-corrected chi connectivity index (χ3v) is 4.21. The summed E-state index contributed by atoms with van der Waals surface area (Å²) < 4.78 is 11.2. The molecule has 2 aromatic carbocycles. The quantitative estimate of drug-likeness (QED) is 0.599. The van der Waals surface area contributed by atoms with E-state index in [1.807, 2.05) is 69.3 Å². The third-order valence-electron chi connectivity index (χ3n) is 4.21. The highest BCUT2D eigenvalue weighted by atomic mass is 16.5.